The number of rotatable bonds is 1. The number of nitrogens with zero attached hydrogens (tertiary/aromatic N) is 2. The summed E-state index contributed by atoms with van der Waals surface area (Å²) >= 11 is 0. The standard InChI is InChI=1S/C18H22N2O2/c1-19-12-14(13-6-2-3-7-15(13)19)18(21)20-10-11-22-17-9-5-4-8-16(17)20/h2-3,6-7,12,16-17H,4-5,8-11H2,1H3/t16-,17-/m0/s1. The summed E-state index contributed by atoms with van der Waals surface area (Å²) in [5.74, 6) is 0.164. The number of fused-ring (bicyclic) bond motifs is 2. The van der Waals surface area contributed by atoms with Gasteiger partial charge in [-0.1, -0.05) is 31.0 Å². The van der Waals surface area contributed by atoms with Gasteiger partial charge in [-0.3, -0.25) is 4.79 Å². The van der Waals surface area contributed by atoms with Crippen LogP contribution in [0.3, 0.4) is 0 Å². The van der Waals surface area contributed by atoms with E-state index in [9.17, 15) is 4.79 Å². The van der Waals surface area contributed by atoms with Crippen molar-refractivity contribution in [1.29, 1.82) is 0 Å². The summed E-state index contributed by atoms with van der Waals surface area (Å²) in [6.45, 7) is 1.38. The van der Waals surface area contributed by atoms with Crippen LogP contribution >= 0.6 is 0 Å². The lowest BCUT2D eigenvalue weighted by atomic mass is 9.89. The van der Waals surface area contributed by atoms with Gasteiger partial charge in [-0.25, -0.2) is 0 Å². The van der Waals surface area contributed by atoms with Crippen LogP contribution < -0.4 is 0 Å². The average Bonchev–Trinajstić information content (AvgIpc) is 2.91. The molecule has 1 saturated carbocycles. The molecule has 1 aromatic heterocycles. The van der Waals surface area contributed by atoms with Crippen LogP contribution in [0.1, 0.15) is 36.0 Å². The van der Waals surface area contributed by atoms with Crippen molar-refractivity contribution in [2.45, 2.75) is 37.8 Å². The van der Waals surface area contributed by atoms with Crippen molar-refractivity contribution in [1.82, 2.24) is 9.47 Å². The van der Waals surface area contributed by atoms with Crippen LogP contribution in [-0.4, -0.2) is 40.7 Å². The number of amides is 1. The molecule has 0 radical (unpaired) electrons. The van der Waals surface area contributed by atoms with Crippen molar-refractivity contribution in [2.75, 3.05) is 13.2 Å². The molecular formula is C18H22N2O2. The molecule has 116 valence electrons. The summed E-state index contributed by atoms with van der Waals surface area (Å²) in [5, 5.41) is 1.05. The highest BCUT2D eigenvalue weighted by Crippen LogP contribution is 2.31. The molecule has 4 rings (SSSR count). The van der Waals surface area contributed by atoms with Crippen LogP contribution in [-0.2, 0) is 11.8 Å². The van der Waals surface area contributed by atoms with Crippen molar-refractivity contribution in [2.24, 2.45) is 7.05 Å². The highest BCUT2D eigenvalue weighted by atomic mass is 16.5. The van der Waals surface area contributed by atoms with Crippen molar-refractivity contribution in [3.05, 3.63) is 36.0 Å². The fourth-order valence-corrected chi connectivity index (χ4v) is 4.02. The summed E-state index contributed by atoms with van der Waals surface area (Å²) < 4.78 is 7.93. The third-order valence-corrected chi connectivity index (χ3v) is 5.12. The first-order chi connectivity index (χ1) is 10.8. The number of aromatic nitrogens is 1. The van der Waals surface area contributed by atoms with Gasteiger partial charge in [-0.05, 0) is 18.9 Å². The number of carbonyl (C=O) groups excluding carboxylic acids is 1. The molecule has 0 spiro atoms. The number of benzene rings is 1. The van der Waals surface area contributed by atoms with E-state index in [0.29, 0.717) is 13.2 Å². The van der Waals surface area contributed by atoms with Crippen LogP contribution in [0, 0.1) is 0 Å². The molecular weight excluding hydrogens is 276 g/mol. The largest absolute Gasteiger partial charge is 0.374 e. The van der Waals surface area contributed by atoms with Gasteiger partial charge in [-0.2, -0.15) is 0 Å². The minimum atomic E-state index is 0.164. The lowest BCUT2D eigenvalue weighted by molar-refractivity contribution is -0.0752. The van der Waals surface area contributed by atoms with Gasteiger partial charge >= 0.3 is 0 Å². The Morgan fingerprint density at radius 1 is 1.23 bits per heavy atom. The second-order valence-corrected chi connectivity index (χ2v) is 6.43. The molecule has 2 aliphatic rings. The lowest BCUT2D eigenvalue weighted by Gasteiger charge is -2.43. The second-order valence-electron chi connectivity index (χ2n) is 6.43. The van der Waals surface area contributed by atoms with E-state index in [4.69, 9.17) is 4.74 Å². The molecule has 0 unspecified atom stereocenters. The van der Waals surface area contributed by atoms with E-state index in [1.54, 1.807) is 0 Å². The number of hydrogen-bond donors (Lipinski definition) is 0. The average molecular weight is 298 g/mol. The zero-order chi connectivity index (χ0) is 15.1. The Kier molecular flexibility index (Phi) is 3.41. The molecule has 2 heterocycles. The fraction of sp³-hybridized carbons (Fsp3) is 0.500. The van der Waals surface area contributed by atoms with Gasteiger partial charge in [-0.15, -0.1) is 0 Å². The number of ether oxygens (including phenoxy) is 1. The van der Waals surface area contributed by atoms with Gasteiger partial charge in [0.25, 0.3) is 5.91 Å². The molecule has 0 N–H and O–H groups in total. The van der Waals surface area contributed by atoms with E-state index >= 15 is 0 Å². The summed E-state index contributed by atoms with van der Waals surface area (Å²) in [5.41, 5.74) is 1.93. The predicted molar refractivity (Wildman–Crippen MR) is 86.0 cm³/mol. The van der Waals surface area contributed by atoms with E-state index in [1.807, 2.05) is 36.0 Å². The molecule has 2 atom stereocenters. The van der Waals surface area contributed by atoms with Crippen LogP contribution in [0.25, 0.3) is 10.9 Å². The van der Waals surface area contributed by atoms with Crippen LogP contribution in [0.5, 0.6) is 0 Å². The molecule has 2 aromatic rings. The van der Waals surface area contributed by atoms with Gasteiger partial charge < -0.3 is 14.2 Å². The maximum absolute atomic E-state index is 13.1. The monoisotopic (exact) mass is 298 g/mol. The third kappa shape index (κ3) is 2.13. The first-order valence-electron chi connectivity index (χ1n) is 8.22. The van der Waals surface area contributed by atoms with Crippen molar-refractivity contribution in [3.63, 3.8) is 0 Å². The summed E-state index contributed by atoms with van der Waals surface area (Å²) in [7, 11) is 2.00. The maximum Gasteiger partial charge on any atom is 0.256 e. The zero-order valence-corrected chi connectivity index (χ0v) is 13.0. The van der Waals surface area contributed by atoms with E-state index in [2.05, 4.69) is 11.0 Å². The van der Waals surface area contributed by atoms with Crippen molar-refractivity contribution >= 4 is 16.8 Å². The molecule has 1 aliphatic carbocycles. The highest BCUT2D eigenvalue weighted by molar-refractivity contribution is 6.07. The molecule has 1 amide bonds. The highest BCUT2D eigenvalue weighted by Gasteiger charge is 2.37. The number of carbonyl (C=O) groups is 1. The zero-order valence-electron chi connectivity index (χ0n) is 13.0. The predicted octanol–water partition coefficient (Wildman–Crippen LogP) is 2.96. The Hall–Kier alpha value is -1.81. The minimum absolute atomic E-state index is 0.164. The lowest BCUT2D eigenvalue weighted by Crippen LogP contribution is -2.54. The topological polar surface area (TPSA) is 34.5 Å². The Labute approximate surface area is 130 Å². The molecule has 2 fully saturated rings. The Morgan fingerprint density at radius 3 is 2.95 bits per heavy atom. The van der Waals surface area contributed by atoms with E-state index in [-0.39, 0.29) is 18.1 Å². The number of aryl methyl sites for hydroxylation is 1. The van der Waals surface area contributed by atoms with Crippen LogP contribution in [0.2, 0.25) is 0 Å². The van der Waals surface area contributed by atoms with E-state index in [1.165, 1.54) is 12.8 Å². The first kappa shape index (κ1) is 13.8. The Morgan fingerprint density at radius 2 is 2.05 bits per heavy atom. The third-order valence-electron chi connectivity index (χ3n) is 5.12. The van der Waals surface area contributed by atoms with Crippen molar-refractivity contribution < 1.29 is 9.53 Å². The van der Waals surface area contributed by atoms with Gasteiger partial charge in [0.05, 0.1) is 24.3 Å². The molecule has 4 nitrogen and oxygen atoms in total. The molecule has 1 aromatic carbocycles. The van der Waals surface area contributed by atoms with E-state index in [0.717, 1.165) is 29.3 Å². The molecule has 1 saturated heterocycles. The maximum atomic E-state index is 13.1. The van der Waals surface area contributed by atoms with E-state index < -0.39 is 0 Å². The Bertz CT molecular complexity index is 704. The van der Waals surface area contributed by atoms with Gasteiger partial charge in [0.1, 0.15) is 0 Å². The molecule has 4 heteroatoms. The second kappa shape index (κ2) is 5.43. The summed E-state index contributed by atoms with van der Waals surface area (Å²) in [6, 6.07) is 8.38. The smallest absolute Gasteiger partial charge is 0.256 e. The van der Waals surface area contributed by atoms with Crippen LogP contribution in [0.15, 0.2) is 30.5 Å². The number of para-hydroxylation sites is 1. The SMILES string of the molecule is Cn1cc(C(=O)N2CCO[C@H]3CCCC[C@@H]32)c2ccccc21. The van der Waals surface area contributed by atoms with Crippen LogP contribution in [0.4, 0.5) is 0 Å². The quantitative estimate of drug-likeness (QED) is 0.811. The van der Waals surface area contributed by atoms with Gasteiger partial charge in [0.15, 0.2) is 0 Å². The summed E-state index contributed by atoms with van der Waals surface area (Å²) in [4.78, 5) is 15.2. The van der Waals surface area contributed by atoms with Gasteiger partial charge in [0, 0.05) is 30.7 Å². The molecule has 1 aliphatic heterocycles. The van der Waals surface area contributed by atoms with Gasteiger partial charge in [0.2, 0.25) is 0 Å². The number of hydrogen-bond acceptors (Lipinski definition) is 2. The normalized spacial score (nSPS) is 25.2. The van der Waals surface area contributed by atoms with Crippen molar-refractivity contribution in [3.8, 4) is 0 Å². The minimum Gasteiger partial charge on any atom is -0.374 e. The Balaban J connectivity index is 1.70. The molecule has 0 bridgehead atoms. The molecule has 22 heavy (non-hydrogen) atoms. The fourth-order valence-electron chi connectivity index (χ4n) is 4.02. The first-order valence-corrected chi connectivity index (χ1v) is 8.22. The number of morpholine rings is 1. The summed E-state index contributed by atoms with van der Waals surface area (Å²) in [6.07, 6.45) is 6.79.